The van der Waals surface area contributed by atoms with Crippen LogP contribution in [-0.2, 0) is 9.84 Å². The van der Waals surface area contributed by atoms with Gasteiger partial charge in [0.2, 0.25) is 0 Å². The highest BCUT2D eigenvalue weighted by molar-refractivity contribution is 7.90. The first-order valence-electron chi connectivity index (χ1n) is 3.24. The summed E-state index contributed by atoms with van der Waals surface area (Å²) in [5.74, 6) is 0. The molecule has 0 bridgehead atoms. The van der Waals surface area contributed by atoms with E-state index < -0.39 is 9.84 Å². The van der Waals surface area contributed by atoms with Gasteiger partial charge in [-0.1, -0.05) is 11.6 Å². The summed E-state index contributed by atoms with van der Waals surface area (Å²) in [6.45, 7) is 1.75. The van der Waals surface area contributed by atoms with Crippen LogP contribution in [0.1, 0.15) is 5.69 Å². The molecule has 66 valence electrons. The lowest BCUT2D eigenvalue weighted by atomic mass is 10.4. The summed E-state index contributed by atoms with van der Waals surface area (Å²) in [4.78, 5) is 3.90. The zero-order valence-corrected chi connectivity index (χ0v) is 8.28. The largest absolute Gasteiger partial charge is 0.240 e. The standard InChI is InChI=1S/C7H8ClNO2S/c1-5-3-4-6(7(8)9-5)12(2,10)11/h3-4H,1-2H3. The van der Waals surface area contributed by atoms with Crippen molar-refractivity contribution in [2.24, 2.45) is 0 Å². The van der Waals surface area contributed by atoms with E-state index in [9.17, 15) is 8.42 Å². The highest BCUT2D eigenvalue weighted by Crippen LogP contribution is 2.18. The number of rotatable bonds is 1. The predicted molar refractivity (Wildman–Crippen MR) is 47.1 cm³/mol. The van der Waals surface area contributed by atoms with Crippen LogP contribution in [-0.4, -0.2) is 19.7 Å². The van der Waals surface area contributed by atoms with Crippen molar-refractivity contribution in [3.05, 3.63) is 23.0 Å². The average Bonchev–Trinajstić information content (AvgIpc) is 1.83. The van der Waals surface area contributed by atoms with Gasteiger partial charge in [0.15, 0.2) is 9.84 Å². The summed E-state index contributed by atoms with van der Waals surface area (Å²) in [5, 5.41) is 0.0394. The lowest BCUT2D eigenvalue weighted by Crippen LogP contribution is -1.99. The van der Waals surface area contributed by atoms with Crippen LogP contribution in [0.15, 0.2) is 17.0 Å². The Kier molecular flexibility index (Phi) is 2.39. The molecule has 0 atom stereocenters. The fourth-order valence-corrected chi connectivity index (χ4v) is 2.07. The highest BCUT2D eigenvalue weighted by atomic mass is 35.5. The van der Waals surface area contributed by atoms with Gasteiger partial charge in [0.1, 0.15) is 10.0 Å². The molecule has 0 aliphatic carbocycles. The Morgan fingerprint density at radius 1 is 1.42 bits per heavy atom. The van der Waals surface area contributed by atoms with Crippen molar-refractivity contribution in [1.82, 2.24) is 4.98 Å². The monoisotopic (exact) mass is 205 g/mol. The Bertz CT molecular complexity index is 400. The molecule has 1 heterocycles. The van der Waals surface area contributed by atoms with Crippen LogP contribution in [0.5, 0.6) is 0 Å². The van der Waals surface area contributed by atoms with Crippen LogP contribution >= 0.6 is 11.6 Å². The maximum absolute atomic E-state index is 11.0. The Hall–Kier alpha value is -0.610. The molecule has 3 nitrogen and oxygen atoms in total. The van der Waals surface area contributed by atoms with E-state index in [0.717, 1.165) is 6.26 Å². The van der Waals surface area contributed by atoms with Crippen molar-refractivity contribution in [1.29, 1.82) is 0 Å². The van der Waals surface area contributed by atoms with Crippen LogP contribution in [0.3, 0.4) is 0 Å². The van der Waals surface area contributed by atoms with Gasteiger partial charge in [-0.2, -0.15) is 0 Å². The second-order valence-corrected chi connectivity index (χ2v) is 4.86. The van der Waals surface area contributed by atoms with E-state index in [4.69, 9.17) is 11.6 Å². The van der Waals surface area contributed by atoms with E-state index in [0.29, 0.717) is 5.69 Å². The molecule has 0 fully saturated rings. The van der Waals surface area contributed by atoms with E-state index >= 15 is 0 Å². The van der Waals surface area contributed by atoms with Gasteiger partial charge in [0, 0.05) is 11.9 Å². The minimum absolute atomic E-state index is 0.0394. The molecule has 0 aromatic carbocycles. The number of pyridine rings is 1. The molecule has 0 unspecified atom stereocenters. The van der Waals surface area contributed by atoms with Crippen molar-refractivity contribution in [3.8, 4) is 0 Å². The third-order valence-electron chi connectivity index (χ3n) is 1.35. The maximum atomic E-state index is 11.0. The third-order valence-corrected chi connectivity index (χ3v) is 2.88. The fourth-order valence-electron chi connectivity index (χ4n) is 0.789. The van der Waals surface area contributed by atoms with Crippen LogP contribution < -0.4 is 0 Å². The van der Waals surface area contributed by atoms with Gasteiger partial charge >= 0.3 is 0 Å². The molecule has 0 aliphatic heterocycles. The van der Waals surface area contributed by atoms with E-state index in [2.05, 4.69) is 4.98 Å². The minimum Gasteiger partial charge on any atom is -0.240 e. The van der Waals surface area contributed by atoms with Gasteiger partial charge < -0.3 is 0 Å². The normalized spacial score (nSPS) is 11.6. The van der Waals surface area contributed by atoms with Crippen molar-refractivity contribution in [3.63, 3.8) is 0 Å². The molecular formula is C7H8ClNO2S. The Morgan fingerprint density at radius 2 is 2.00 bits per heavy atom. The molecule has 5 heteroatoms. The summed E-state index contributed by atoms with van der Waals surface area (Å²) in [6, 6.07) is 3.07. The second-order valence-electron chi connectivity index (χ2n) is 2.51. The van der Waals surface area contributed by atoms with E-state index in [-0.39, 0.29) is 10.0 Å². The second kappa shape index (κ2) is 3.03. The Balaban J connectivity index is 3.39. The van der Waals surface area contributed by atoms with E-state index in [1.54, 1.807) is 13.0 Å². The number of halogens is 1. The first kappa shape index (κ1) is 9.48. The molecule has 12 heavy (non-hydrogen) atoms. The lowest BCUT2D eigenvalue weighted by molar-refractivity contribution is 0.601. The van der Waals surface area contributed by atoms with Crippen LogP contribution in [0.4, 0.5) is 0 Å². The smallest absolute Gasteiger partial charge is 0.178 e. The zero-order chi connectivity index (χ0) is 9.35. The Morgan fingerprint density at radius 3 is 2.42 bits per heavy atom. The molecule has 0 aliphatic rings. The minimum atomic E-state index is -3.24. The van der Waals surface area contributed by atoms with Crippen molar-refractivity contribution in [2.45, 2.75) is 11.8 Å². The van der Waals surface area contributed by atoms with Crippen LogP contribution in [0.2, 0.25) is 5.15 Å². The predicted octanol–water partition coefficient (Wildman–Crippen LogP) is 1.45. The van der Waals surface area contributed by atoms with Crippen LogP contribution in [0, 0.1) is 6.92 Å². The number of sulfone groups is 1. The SMILES string of the molecule is Cc1ccc(S(C)(=O)=O)c(Cl)n1. The molecule has 1 aromatic rings. The quantitative estimate of drug-likeness (QED) is 0.652. The highest BCUT2D eigenvalue weighted by Gasteiger charge is 2.12. The number of nitrogens with zero attached hydrogens (tertiary/aromatic N) is 1. The Labute approximate surface area is 76.3 Å². The fraction of sp³-hybridized carbons (Fsp3) is 0.286. The average molecular weight is 206 g/mol. The molecule has 0 radical (unpaired) electrons. The van der Waals surface area contributed by atoms with E-state index in [1.807, 2.05) is 0 Å². The summed E-state index contributed by atoms with van der Waals surface area (Å²) in [6.07, 6.45) is 1.10. The molecule has 0 N–H and O–H groups in total. The van der Waals surface area contributed by atoms with Crippen molar-refractivity contribution >= 4 is 21.4 Å². The molecule has 0 saturated carbocycles. The van der Waals surface area contributed by atoms with Gasteiger partial charge in [0.05, 0.1) is 0 Å². The van der Waals surface area contributed by atoms with Crippen molar-refractivity contribution in [2.75, 3.05) is 6.26 Å². The summed E-state index contributed by atoms with van der Waals surface area (Å²) in [5.41, 5.74) is 0.701. The third kappa shape index (κ3) is 1.95. The van der Waals surface area contributed by atoms with Crippen LogP contribution in [0.25, 0.3) is 0 Å². The van der Waals surface area contributed by atoms with Gasteiger partial charge in [-0.25, -0.2) is 13.4 Å². The van der Waals surface area contributed by atoms with Gasteiger partial charge in [-0.05, 0) is 19.1 Å². The molecule has 0 amide bonds. The van der Waals surface area contributed by atoms with Gasteiger partial charge in [-0.3, -0.25) is 0 Å². The molecule has 1 rings (SSSR count). The lowest BCUT2D eigenvalue weighted by Gasteiger charge is -2.00. The zero-order valence-electron chi connectivity index (χ0n) is 6.70. The first-order valence-corrected chi connectivity index (χ1v) is 5.51. The number of aryl methyl sites for hydroxylation is 1. The summed E-state index contributed by atoms with van der Waals surface area (Å²) < 4.78 is 22.1. The maximum Gasteiger partial charge on any atom is 0.178 e. The molecule has 0 saturated heterocycles. The molecular weight excluding hydrogens is 198 g/mol. The van der Waals surface area contributed by atoms with Crippen molar-refractivity contribution < 1.29 is 8.42 Å². The van der Waals surface area contributed by atoms with E-state index in [1.165, 1.54) is 6.07 Å². The van der Waals surface area contributed by atoms with Gasteiger partial charge in [0.25, 0.3) is 0 Å². The number of aromatic nitrogens is 1. The molecule has 1 aromatic heterocycles. The van der Waals surface area contributed by atoms with Gasteiger partial charge in [-0.15, -0.1) is 0 Å². The number of hydrogen-bond donors (Lipinski definition) is 0. The molecule has 0 spiro atoms. The summed E-state index contributed by atoms with van der Waals surface area (Å²) in [7, 11) is -3.24. The first-order chi connectivity index (χ1) is 5.41. The summed E-state index contributed by atoms with van der Waals surface area (Å²) >= 11 is 5.62. The topological polar surface area (TPSA) is 47.0 Å². The number of hydrogen-bond acceptors (Lipinski definition) is 3.